The highest BCUT2D eigenvalue weighted by molar-refractivity contribution is 6.42. The maximum atomic E-state index is 12.0. The zero-order chi connectivity index (χ0) is 24.5. The second kappa shape index (κ2) is 9.94. The van der Waals surface area contributed by atoms with E-state index in [9.17, 15) is 9.90 Å². The molecule has 5 nitrogen and oxygen atoms in total. The van der Waals surface area contributed by atoms with Gasteiger partial charge in [0.25, 0.3) is 0 Å². The van der Waals surface area contributed by atoms with Crippen molar-refractivity contribution < 1.29 is 9.90 Å². The Morgan fingerprint density at radius 2 is 1.91 bits per heavy atom. The third-order valence-corrected chi connectivity index (χ3v) is 7.44. The van der Waals surface area contributed by atoms with Gasteiger partial charge in [0.2, 0.25) is 5.91 Å². The standard InChI is InChI=1S/C28H25Cl2N3O2/c1-17(35)33-13-5-8-20(15-33)21-11-12-31-27(23(21)16-34)19-9-10-24-22(14-19)26(29)25(28(30)32-24)18-6-3-2-4-7-18/h2-4,6-7,9-12,14,20,34H,5,8,13,15-16H2,1H3. The Labute approximate surface area is 214 Å². The van der Waals surface area contributed by atoms with E-state index in [0.29, 0.717) is 33.5 Å². The molecule has 1 aliphatic heterocycles. The first-order valence-electron chi connectivity index (χ1n) is 11.7. The maximum Gasteiger partial charge on any atom is 0.219 e. The molecule has 1 amide bonds. The maximum absolute atomic E-state index is 12.0. The number of likely N-dealkylation sites (tertiary alicyclic amines) is 1. The van der Waals surface area contributed by atoms with Crippen LogP contribution in [0.2, 0.25) is 10.2 Å². The molecule has 0 radical (unpaired) electrons. The molecule has 1 atom stereocenters. The van der Waals surface area contributed by atoms with Crippen molar-refractivity contribution in [2.24, 2.45) is 0 Å². The summed E-state index contributed by atoms with van der Waals surface area (Å²) in [7, 11) is 0. The van der Waals surface area contributed by atoms with Crippen molar-refractivity contribution in [2.75, 3.05) is 13.1 Å². The monoisotopic (exact) mass is 505 g/mol. The van der Waals surface area contributed by atoms with Gasteiger partial charge in [0.15, 0.2) is 0 Å². The van der Waals surface area contributed by atoms with Crippen LogP contribution < -0.4 is 0 Å². The molecule has 1 aliphatic rings. The fraction of sp³-hybridized carbons (Fsp3) is 0.250. The summed E-state index contributed by atoms with van der Waals surface area (Å²) in [4.78, 5) is 23.1. The van der Waals surface area contributed by atoms with Crippen molar-refractivity contribution in [2.45, 2.75) is 32.3 Å². The second-order valence-corrected chi connectivity index (χ2v) is 9.62. The molecule has 3 heterocycles. The molecule has 4 aromatic rings. The van der Waals surface area contributed by atoms with Gasteiger partial charge < -0.3 is 10.0 Å². The average Bonchev–Trinajstić information content (AvgIpc) is 2.88. The van der Waals surface area contributed by atoms with Gasteiger partial charge in [-0.05, 0) is 42.2 Å². The normalized spacial score (nSPS) is 16.0. The molecule has 0 aliphatic carbocycles. The van der Waals surface area contributed by atoms with Gasteiger partial charge >= 0.3 is 0 Å². The summed E-state index contributed by atoms with van der Waals surface area (Å²) in [6, 6.07) is 17.4. The Balaban J connectivity index is 1.61. The second-order valence-electron chi connectivity index (χ2n) is 8.88. The number of halogens is 2. The number of aliphatic hydroxyl groups excluding tert-OH is 1. The Morgan fingerprint density at radius 3 is 2.66 bits per heavy atom. The van der Waals surface area contributed by atoms with Crippen molar-refractivity contribution >= 4 is 40.0 Å². The lowest BCUT2D eigenvalue weighted by atomic mass is 9.86. The van der Waals surface area contributed by atoms with Crippen LogP contribution in [0.4, 0.5) is 0 Å². The Bertz CT molecular complexity index is 1410. The lowest BCUT2D eigenvalue weighted by Gasteiger charge is -2.33. The van der Waals surface area contributed by atoms with Gasteiger partial charge in [-0.15, -0.1) is 0 Å². The third-order valence-electron chi connectivity index (χ3n) is 6.77. The molecule has 1 unspecified atom stereocenters. The van der Waals surface area contributed by atoms with E-state index in [1.165, 1.54) is 0 Å². The van der Waals surface area contributed by atoms with E-state index in [4.69, 9.17) is 23.2 Å². The van der Waals surface area contributed by atoms with E-state index < -0.39 is 0 Å². The van der Waals surface area contributed by atoms with E-state index in [2.05, 4.69) is 9.97 Å². The summed E-state index contributed by atoms with van der Waals surface area (Å²) in [6.07, 6.45) is 3.68. The van der Waals surface area contributed by atoms with Crippen molar-refractivity contribution in [3.63, 3.8) is 0 Å². The molecule has 0 saturated carbocycles. The number of rotatable bonds is 4. The van der Waals surface area contributed by atoms with Crippen molar-refractivity contribution in [1.29, 1.82) is 0 Å². The van der Waals surface area contributed by atoms with Crippen LogP contribution in [-0.2, 0) is 11.4 Å². The van der Waals surface area contributed by atoms with Crippen LogP contribution in [0.25, 0.3) is 33.3 Å². The first kappa shape index (κ1) is 23.7. The smallest absolute Gasteiger partial charge is 0.219 e. The Morgan fingerprint density at radius 1 is 1.11 bits per heavy atom. The minimum Gasteiger partial charge on any atom is -0.392 e. The summed E-state index contributed by atoms with van der Waals surface area (Å²) in [5.74, 6) is 0.241. The number of carbonyl (C=O) groups is 1. The topological polar surface area (TPSA) is 66.3 Å². The Kier molecular flexibility index (Phi) is 6.74. The number of benzene rings is 2. The minimum absolute atomic E-state index is 0.0825. The lowest BCUT2D eigenvalue weighted by Crippen LogP contribution is -2.37. The van der Waals surface area contributed by atoms with Crippen LogP contribution >= 0.6 is 23.2 Å². The summed E-state index contributed by atoms with van der Waals surface area (Å²) in [6.45, 7) is 2.89. The van der Waals surface area contributed by atoms with Crippen LogP contribution in [0.3, 0.4) is 0 Å². The molecule has 5 rings (SSSR count). The first-order chi connectivity index (χ1) is 17.0. The predicted octanol–water partition coefficient (Wildman–Crippen LogP) is 6.49. The number of hydrogen-bond acceptors (Lipinski definition) is 4. The number of carbonyl (C=O) groups excluding carboxylic acids is 1. The molecule has 1 saturated heterocycles. The van der Waals surface area contributed by atoms with Crippen LogP contribution in [0.1, 0.15) is 36.8 Å². The zero-order valence-corrected chi connectivity index (χ0v) is 20.9. The van der Waals surface area contributed by atoms with Gasteiger partial charge in [0.05, 0.1) is 22.8 Å². The molecule has 1 N–H and O–H groups in total. The van der Waals surface area contributed by atoms with Crippen LogP contribution in [0.15, 0.2) is 60.8 Å². The average molecular weight is 506 g/mol. The van der Waals surface area contributed by atoms with Crippen LogP contribution in [0, 0.1) is 0 Å². The summed E-state index contributed by atoms with van der Waals surface area (Å²) >= 11 is 13.4. The molecule has 35 heavy (non-hydrogen) atoms. The number of aromatic nitrogens is 2. The summed E-state index contributed by atoms with van der Waals surface area (Å²) < 4.78 is 0. The van der Waals surface area contributed by atoms with E-state index in [0.717, 1.165) is 47.0 Å². The van der Waals surface area contributed by atoms with E-state index in [1.807, 2.05) is 59.5 Å². The van der Waals surface area contributed by atoms with E-state index in [-0.39, 0.29) is 18.4 Å². The third kappa shape index (κ3) is 4.52. The molecule has 178 valence electrons. The van der Waals surface area contributed by atoms with Crippen molar-refractivity contribution in [3.05, 3.63) is 82.1 Å². The van der Waals surface area contributed by atoms with Crippen LogP contribution in [-0.4, -0.2) is 39.0 Å². The van der Waals surface area contributed by atoms with E-state index in [1.54, 1.807) is 13.1 Å². The van der Waals surface area contributed by atoms with Gasteiger partial charge in [-0.1, -0.05) is 59.6 Å². The zero-order valence-electron chi connectivity index (χ0n) is 19.3. The number of nitrogens with zero attached hydrogens (tertiary/aromatic N) is 3. The molecular formula is C28H25Cl2N3O2. The van der Waals surface area contributed by atoms with E-state index >= 15 is 0 Å². The summed E-state index contributed by atoms with van der Waals surface area (Å²) in [5, 5.41) is 12.0. The Hall–Kier alpha value is -2.99. The molecule has 2 aromatic carbocycles. The fourth-order valence-corrected chi connectivity index (χ4v) is 5.71. The highest BCUT2D eigenvalue weighted by Gasteiger charge is 2.26. The van der Waals surface area contributed by atoms with Gasteiger partial charge in [-0.2, -0.15) is 0 Å². The number of amides is 1. The first-order valence-corrected chi connectivity index (χ1v) is 12.4. The fourth-order valence-electron chi connectivity index (χ4n) is 5.02. The number of fused-ring (bicyclic) bond motifs is 1. The molecular weight excluding hydrogens is 481 g/mol. The largest absolute Gasteiger partial charge is 0.392 e. The predicted molar refractivity (Wildman–Crippen MR) is 141 cm³/mol. The van der Waals surface area contributed by atoms with Gasteiger partial charge in [-0.25, -0.2) is 4.98 Å². The number of piperidine rings is 1. The number of aliphatic hydroxyl groups is 1. The van der Waals surface area contributed by atoms with Crippen LogP contribution in [0.5, 0.6) is 0 Å². The highest BCUT2D eigenvalue weighted by atomic mass is 35.5. The van der Waals surface area contributed by atoms with Gasteiger partial charge in [0, 0.05) is 54.2 Å². The quantitative estimate of drug-likeness (QED) is 0.322. The number of hydrogen-bond donors (Lipinski definition) is 1. The summed E-state index contributed by atoms with van der Waals surface area (Å²) in [5.41, 5.74) is 5.64. The molecule has 1 fully saturated rings. The molecule has 2 aromatic heterocycles. The SMILES string of the molecule is CC(=O)N1CCCC(c2ccnc(-c3ccc4nc(Cl)c(-c5ccccc5)c(Cl)c4c3)c2CO)C1. The van der Waals surface area contributed by atoms with Gasteiger partial charge in [0.1, 0.15) is 5.15 Å². The van der Waals surface area contributed by atoms with Crippen molar-refractivity contribution in [1.82, 2.24) is 14.9 Å². The molecule has 0 bridgehead atoms. The number of pyridine rings is 2. The van der Waals surface area contributed by atoms with Gasteiger partial charge in [-0.3, -0.25) is 9.78 Å². The highest BCUT2D eigenvalue weighted by Crippen LogP contribution is 2.40. The molecule has 7 heteroatoms. The molecule has 0 spiro atoms. The lowest BCUT2D eigenvalue weighted by molar-refractivity contribution is -0.130. The van der Waals surface area contributed by atoms with Crippen molar-refractivity contribution in [3.8, 4) is 22.4 Å². The minimum atomic E-state index is -0.144.